The first-order valence-corrected chi connectivity index (χ1v) is 7.58. The summed E-state index contributed by atoms with van der Waals surface area (Å²) in [5.74, 6) is 0. The number of aliphatic hydroxyl groups excluding tert-OH is 1. The van der Waals surface area contributed by atoms with Crippen LogP contribution < -0.4 is 5.32 Å². The Bertz CT molecular complexity index is 280. The molecule has 19 heavy (non-hydrogen) atoms. The van der Waals surface area contributed by atoms with Crippen LogP contribution in [0.25, 0.3) is 0 Å². The molecule has 2 aliphatic rings. The summed E-state index contributed by atoms with van der Waals surface area (Å²) in [5, 5.41) is 12.1. The van der Waals surface area contributed by atoms with Crippen molar-refractivity contribution in [3.8, 4) is 0 Å². The second-order valence-electron chi connectivity index (χ2n) is 5.53. The van der Waals surface area contributed by atoms with E-state index in [-0.39, 0.29) is 18.7 Å². The maximum Gasteiger partial charge on any atom is 0.317 e. The van der Waals surface area contributed by atoms with Crippen molar-refractivity contribution in [3.05, 3.63) is 0 Å². The lowest BCUT2D eigenvalue weighted by Crippen LogP contribution is -2.44. The molecule has 0 aromatic carbocycles. The number of likely N-dealkylation sites (tertiary alicyclic amines) is 1. The zero-order chi connectivity index (χ0) is 13.5. The molecule has 1 aliphatic heterocycles. The first-order chi connectivity index (χ1) is 9.31. The molecule has 2 amide bonds. The third kappa shape index (κ3) is 4.35. The van der Waals surface area contributed by atoms with Crippen molar-refractivity contribution in [2.45, 2.75) is 57.1 Å². The Hall–Kier alpha value is -0.810. The third-order valence-electron chi connectivity index (χ3n) is 4.10. The van der Waals surface area contributed by atoms with E-state index < -0.39 is 0 Å². The van der Waals surface area contributed by atoms with Crippen LogP contribution in [-0.4, -0.2) is 54.5 Å². The van der Waals surface area contributed by atoms with Crippen LogP contribution in [0.4, 0.5) is 4.79 Å². The predicted molar refractivity (Wildman–Crippen MR) is 73.0 cm³/mol. The van der Waals surface area contributed by atoms with E-state index in [1.807, 2.05) is 0 Å². The van der Waals surface area contributed by atoms with E-state index in [0.717, 1.165) is 32.4 Å². The van der Waals surface area contributed by atoms with Crippen molar-refractivity contribution < 1.29 is 14.6 Å². The number of hydrogen-bond acceptors (Lipinski definition) is 3. The van der Waals surface area contributed by atoms with Crippen LogP contribution in [0.1, 0.15) is 44.9 Å². The van der Waals surface area contributed by atoms with Gasteiger partial charge in [0.05, 0.1) is 18.8 Å². The van der Waals surface area contributed by atoms with Crippen molar-refractivity contribution in [1.82, 2.24) is 10.2 Å². The molecule has 5 nitrogen and oxygen atoms in total. The summed E-state index contributed by atoms with van der Waals surface area (Å²) in [6, 6.07) is -0.0350. The molecule has 2 N–H and O–H groups in total. The highest BCUT2D eigenvalue weighted by molar-refractivity contribution is 5.74. The Kier molecular flexibility index (Phi) is 5.92. The fraction of sp³-hybridized carbons (Fsp3) is 0.929. The van der Waals surface area contributed by atoms with Gasteiger partial charge in [0.1, 0.15) is 0 Å². The van der Waals surface area contributed by atoms with Gasteiger partial charge in [0.25, 0.3) is 0 Å². The second kappa shape index (κ2) is 7.70. The first kappa shape index (κ1) is 14.6. The molecule has 110 valence electrons. The smallest absolute Gasteiger partial charge is 0.317 e. The van der Waals surface area contributed by atoms with Crippen LogP contribution in [0, 0.1) is 0 Å². The van der Waals surface area contributed by atoms with Crippen molar-refractivity contribution in [2.24, 2.45) is 0 Å². The van der Waals surface area contributed by atoms with Crippen LogP contribution in [0.15, 0.2) is 0 Å². The molecule has 1 heterocycles. The number of urea groups is 1. The monoisotopic (exact) mass is 270 g/mol. The van der Waals surface area contributed by atoms with E-state index in [0.29, 0.717) is 12.6 Å². The molecule has 1 aliphatic carbocycles. The lowest BCUT2D eigenvalue weighted by molar-refractivity contribution is 0.0569. The maximum absolute atomic E-state index is 11.9. The van der Waals surface area contributed by atoms with Gasteiger partial charge in [0, 0.05) is 19.7 Å². The predicted octanol–water partition coefficient (Wildman–Crippen LogP) is 1.50. The van der Waals surface area contributed by atoms with Crippen molar-refractivity contribution in [3.63, 3.8) is 0 Å². The van der Waals surface area contributed by atoms with Gasteiger partial charge in [-0.15, -0.1) is 0 Å². The summed E-state index contributed by atoms with van der Waals surface area (Å²) in [7, 11) is 0. The molecule has 1 atom stereocenters. The van der Waals surface area contributed by atoms with E-state index in [1.165, 1.54) is 25.7 Å². The van der Waals surface area contributed by atoms with Crippen LogP contribution >= 0.6 is 0 Å². The summed E-state index contributed by atoms with van der Waals surface area (Å²) < 4.78 is 5.75. The molecule has 2 fully saturated rings. The first-order valence-electron chi connectivity index (χ1n) is 7.58. The number of nitrogens with zero attached hydrogens (tertiary/aromatic N) is 1. The van der Waals surface area contributed by atoms with E-state index in [1.54, 1.807) is 4.90 Å². The summed E-state index contributed by atoms with van der Waals surface area (Å²) in [4.78, 5) is 13.6. The molecule has 1 saturated carbocycles. The molecule has 0 aromatic heterocycles. The standard InChI is InChI=1S/C14H26N2O3/c17-11-12-5-3-9-16(12)14(18)15-8-4-10-19-13-6-1-2-7-13/h12-13,17H,1-11H2,(H,15,18)/t12-/m0/s1. The van der Waals surface area contributed by atoms with Crippen LogP contribution in [0.5, 0.6) is 0 Å². The number of nitrogens with one attached hydrogen (secondary N) is 1. The van der Waals surface area contributed by atoms with E-state index in [9.17, 15) is 9.90 Å². The Balaban J connectivity index is 1.53. The van der Waals surface area contributed by atoms with Crippen molar-refractivity contribution in [2.75, 3.05) is 26.3 Å². The molecule has 0 bridgehead atoms. The lowest BCUT2D eigenvalue weighted by atomic mass is 10.2. The van der Waals surface area contributed by atoms with Crippen LogP contribution in [-0.2, 0) is 4.74 Å². The van der Waals surface area contributed by atoms with E-state index in [4.69, 9.17) is 4.74 Å². The number of hydrogen-bond donors (Lipinski definition) is 2. The Labute approximate surface area is 115 Å². The largest absolute Gasteiger partial charge is 0.394 e. The zero-order valence-electron chi connectivity index (χ0n) is 11.6. The molecule has 0 radical (unpaired) electrons. The van der Waals surface area contributed by atoms with Crippen molar-refractivity contribution >= 4 is 6.03 Å². The zero-order valence-corrected chi connectivity index (χ0v) is 11.6. The van der Waals surface area contributed by atoms with Gasteiger partial charge >= 0.3 is 6.03 Å². The molecule has 0 aromatic rings. The van der Waals surface area contributed by atoms with Gasteiger partial charge < -0.3 is 20.1 Å². The minimum absolute atomic E-state index is 0.00902. The molecule has 2 rings (SSSR count). The van der Waals surface area contributed by atoms with Crippen LogP contribution in [0.3, 0.4) is 0 Å². The highest BCUT2D eigenvalue weighted by atomic mass is 16.5. The number of amides is 2. The van der Waals surface area contributed by atoms with Crippen molar-refractivity contribution in [1.29, 1.82) is 0 Å². The molecule has 1 saturated heterocycles. The lowest BCUT2D eigenvalue weighted by Gasteiger charge is -2.23. The van der Waals surface area contributed by atoms with Gasteiger partial charge in [0.15, 0.2) is 0 Å². The van der Waals surface area contributed by atoms with Gasteiger partial charge in [-0.2, -0.15) is 0 Å². The fourth-order valence-corrected chi connectivity index (χ4v) is 2.97. The minimum Gasteiger partial charge on any atom is -0.394 e. The third-order valence-corrected chi connectivity index (χ3v) is 4.10. The number of aliphatic hydroxyl groups is 1. The second-order valence-corrected chi connectivity index (χ2v) is 5.53. The quantitative estimate of drug-likeness (QED) is 0.719. The fourth-order valence-electron chi connectivity index (χ4n) is 2.97. The number of rotatable bonds is 6. The SMILES string of the molecule is O=C(NCCCOC1CCCC1)N1CCC[C@H]1CO. The molecular formula is C14H26N2O3. The van der Waals surface area contributed by atoms with Gasteiger partial charge in [-0.05, 0) is 32.1 Å². The average molecular weight is 270 g/mol. The Morgan fingerprint density at radius 2 is 2.05 bits per heavy atom. The number of ether oxygens (including phenoxy) is 1. The highest BCUT2D eigenvalue weighted by Crippen LogP contribution is 2.20. The van der Waals surface area contributed by atoms with E-state index in [2.05, 4.69) is 5.32 Å². The Morgan fingerprint density at radius 1 is 1.26 bits per heavy atom. The average Bonchev–Trinajstić information content (AvgIpc) is 3.08. The minimum atomic E-state index is -0.0441. The summed E-state index contributed by atoms with van der Waals surface area (Å²) in [6.07, 6.45) is 8.18. The summed E-state index contributed by atoms with van der Waals surface area (Å²) >= 11 is 0. The number of carbonyl (C=O) groups excluding carboxylic acids is 1. The molecule has 0 spiro atoms. The normalized spacial score (nSPS) is 24.1. The number of carbonyl (C=O) groups is 1. The van der Waals surface area contributed by atoms with E-state index >= 15 is 0 Å². The Morgan fingerprint density at radius 3 is 2.79 bits per heavy atom. The molecular weight excluding hydrogens is 244 g/mol. The maximum atomic E-state index is 11.9. The summed E-state index contributed by atoms with van der Waals surface area (Å²) in [6.45, 7) is 2.21. The highest BCUT2D eigenvalue weighted by Gasteiger charge is 2.27. The van der Waals surface area contributed by atoms with Gasteiger partial charge in [-0.3, -0.25) is 0 Å². The summed E-state index contributed by atoms with van der Waals surface area (Å²) in [5.41, 5.74) is 0. The molecule has 5 heteroatoms. The van der Waals surface area contributed by atoms with Gasteiger partial charge in [-0.1, -0.05) is 12.8 Å². The van der Waals surface area contributed by atoms with Gasteiger partial charge in [-0.25, -0.2) is 4.79 Å². The topological polar surface area (TPSA) is 61.8 Å². The van der Waals surface area contributed by atoms with Crippen LogP contribution in [0.2, 0.25) is 0 Å². The molecule has 0 unspecified atom stereocenters. The van der Waals surface area contributed by atoms with Gasteiger partial charge in [0.2, 0.25) is 0 Å².